The van der Waals surface area contributed by atoms with Gasteiger partial charge in [-0.1, -0.05) is 42.6 Å². The van der Waals surface area contributed by atoms with Crippen LogP contribution in [0.25, 0.3) is 0 Å². The van der Waals surface area contributed by atoms with Crippen molar-refractivity contribution in [2.24, 2.45) is 23.4 Å². The lowest BCUT2D eigenvalue weighted by Gasteiger charge is -2.43. The van der Waals surface area contributed by atoms with Crippen LogP contribution in [0.2, 0.25) is 5.02 Å². The molecule has 3 aliphatic rings. The number of carboxylic acids is 1. The van der Waals surface area contributed by atoms with Crippen molar-refractivity contribution in [3.63, 3.8) is 0 Å². The van der Waals surface area contributed by atoms with Gasteiger partial charge in [0.05, 0.1) is 23.6 Å². The number of carbonyl (C=O) groups excluding carboxylic acids is 2. The largest absolute Gasteiger partial charge is 0.487 e. The summed E-state index contributed by atoms with van der Waals surface area (Å²) in [5, 5.41) is 11.1. The standard InChI is InChI=1S/C31H36ClF2N5O5/c1-37(36)27(28(33)34)23(35)16-44-25-11-10-22(32)21-12-13-39(30(41)19-8-4-5-9-20(19)31(42)43)24(26(21)25)15-38-14-17-6-2-3-7-18(17)29(38)40/h2-3,6-7,10-11,19-20,24,28H,4-5,8-9,12-16,35-36H2,1H3,(H,42,43)/b27-23-. The van der Waals surface area contributed by atoms with E-state index in [9.17, 15) is 28.3 Å². The number of allylic oxidation sites excluding steroid dienone is 1. The third kappa shape index (κ3) is 6.05. The van der Waals surface area contributed by atoms with Crippen molar-refractivity contribution >= 4 is 29.4 Å². The second-order valence-corrected chi connectivity index (χ2v) is 11.9. The van der Waals surface area contributed by atoms with E-state index < -0.39 is 42.6 Å². The van der Waals surface area contributed by atoms with Gasteiger partial charge in [-0.15, -0.1) is 0 Å². The number of carboxylic acid groups (broad SMARTS) is 1. The van der Waals surface area contributed by atoms with Crippen LogP contribution >= 0.6 is 11.6 Å². The quantitative estimate of drug-likeness (QED) is 0.279. The highest BCUT2D eigenvalue weighted by Crippen LogP contribution is 2.43. The minimum Gasteiger partial charge on any atom is -0.487 e. The molecule has 0 saturated heterocycles. The van der Waals surface area contributed by atoms with E-state index in [1.54, 1.807) is 34.1 Å². The first-order chi connectivity index (χ1) is 21.0. The number of aliphatic carboxylic acids is 1. The van der Waals surface area contributed by atoms with Crippen molar-refractivity contribution < 1.29 is 33.0 Å². The normalized spacial score (nSPS) is 22.0. The van der Waals surface area contributed by atoms with E-state index in [1.807, 2.05) is 12.1 Å². The number of halogens is 3. The van der Waals surface area contributed by atoms with Gasteiger partial charge in [0.1, 0.15) is 18.1 Å². The number of nitrogens with zero attached hydrogens (tertiary/aromatic N) is 3. The fourth-order valence-corrected chi connectivity index (χ4v) is 6.97. The lowest BCUT2D eigenvalue weighted by molar-refractivity contribution is -0.153. The number of ether oxygens (including phenoxy) is 1. The second-order valence-electron chi connectivity index (χ2n) is 11.5. The molecule has 44 heavy (non-hydrogen) atoms. The number of hydrogen-bond acceptors (Lipinski definition) is 7. The highest BCUT2D eigenvalue weighted by molar-refractivity contribution is 6.31. The van der Waals surface area contributed by atoms with Gasteiger partial charge in [-0.25, -0.2) is 14.6 Å². The van der Waals surface area contributed by atoms with Crippen LogP contribution < -0.4 is 16.3 Å². The molecule has 3 atom stereocenters. The summed E-state index contributed by atoms with van der Waals surface area (Å²) in [6.07, 6.45) is -0.255. The highest BCUT2D eigenvalue weighted by atomic mass is 35.5. The monoisotopic (exact) mass is 631 g/mol. The van der Waals surface area contributed by atoms with Crippen LogP contribution in [0.15, 0.2) is 47.8 Å². The van der Waals surface area contributed by atoms with Gasteiger partial charge in [-0.05, 0) is 48.6 Å². The molecule has 2 aromatic rings. The molecule has 0 bridgehead atoms. The van der Waals surface area contributed by atoms with E-state index >= 15 is 0 Å². The molecule has 2 amide bonds. The maximum atomic E-state index is 14.2. The Morgan fingerprint density at radius 2 is 1.86 bits per heavy atom. The summed E-state index contributed by atoms with van der Waals surface area (Å²) in [5.74, 6) is 2.83. The Balaban J connectivity index is 1.55. The maximum absolute atomic E-state index is 14.2. The maximum Gasteiger partial charge on any atom is 0.307 e. The van der Waals surface area contributed by atoms with Crippen LogP contribution in [0.4, 0.5) is 8.78 Å². The molecule has 13 heteroatoms. The van der Waals surface area contributed by atoms with Crippen molar-refractivity contribution in [1.29, 1.82) is 0 Å². The topological polar surface area (TPSA) is 142 Å². The molecule has 5 N–H and O–H groups in total. The van der Waals surface area contributed by atoms with Crippen molar-refractivity contribution in [3.05, 3.63) is 75.1 Å². The summed E-state index contributed by atoms with van der Waals surface area (Å²) in [6, 6.07) is 9.75. The van der Waals surface area contributed by atoms with Crippen LogP contribution in [0.5, 0.6) is 5.75 Å². The smallest absolute Gasteiger partial charge is 0.307 e. The summed E-state index contributed by atoms with van der Waals surface area (Å²) in [6.45, 7) is 0.254. The number of fused-ring (bicyclic) bond motifs is 2. The van der Waals surface area contributed by atoms with Gasteiger partial charge in [-0.3, -0.25) is 14.4 Å². The summed E-state index contributed by atoms with van der Waals surface area (Å²) < 4.78 is 33.3. The zero-order valence-corrected chi connectivity index (χ0v) is 25.1. The van der Waals surface area contributed by atoms with Crippen LogP contribution in [-0.2, 0) is 22.6 Å². The minimum atomic E-state index is -2.94. The Labute approximate surface area is 259 Å². The average molecular weight is 632 g/mol. The first-order valence-electron chi connectivity index (χ1n) is 14.6. The van der Waals surface area contributed by atoms with Crippen LogP contribution in [-0.4, -0.2) is 70.9 Å². The number of benzene rings is 2. The van der Waals surface area contributed by atoms with Crippen molar-refractivity contribution in [2.45, 2.75) is 51.1 Å². The van der Waals surface area contributed by atoms with Crippen molar-refractivity contribution in [1.82, 2.24) is 14.8 Å². The predicted octanol–water partition coefficient (Wildman–Crippen LogP) is 3.93. The van der Waals surface area contributed by atoms with Crippen molar-refractivity contribution in [3.8, 4) is 5.75 Å². The van der Waals surface area contributed by atoms with Gasteiger partial charge < -0.3 is 30.4 Å². The van der Waals surface area contributed by atoms with Gasteiger partial charge in [0.15, 0.2) is 0 Å². The van der Waals surface area contributed by atoms with Gasteiger partial charge in [-0.2, -0.15) is 0 Å². The molecule has 0 aromatic heterocycles. The van der Waals surface area contributed by atoms with Gasteiger partial charge in [0.25, 0.3) is 12.3 Å². The number of hydrogen-bond donors (Lipinski definition) is 3. The molecule has 0 spiro atoms. The van der Waals surface area contributed by atoms with E-state index in [4.69, 9.17) is 27.9 Å². The first kappa shape index (κ1) is 31.5. The molecule has 236 valence electrons. The first-order valence-corrected chi connectivity index (χ1v) is 15.0. The van der Waals surface area contributed by atoms with E-state index in [1.165, 1.54) is 7.05 Å². The van der Waals surface area contributed by atoms with E-state index in [2.05, 4.69) is 0 Å². The number of amides is 2. The molecule has 2 aliphatic heterocycles. The van der Waals surface area contributed by atoms with Crippen LogP contribution in [0, 0.1) is 11.8 Å². The molecule has 10 nitrogen and oxygen atoms in total. The highest BCUT2D eigenvalue weighted by Gasteiger charge is 2.44. The molecule has 0 radical (unpaired) electrons. The van der Waals surface area contributed by atoms with E-state index in [0.29, 0.717) is 47.5 Å². The third-order valence-electron chi connectivity index (χ3n) is 8.84. The van der Waals surface area contributed by atoms with Crippen LogP contribution in [0.1, 0.15) is 58.8 Å². The van der Waals surface area contributed by atoms with Crippen LogP contribution in [0.3, 0.4) is 0 Å². The average Bonchev–Trinajstić information content (AvgIpc) is 3.31. The zero-order chi connectivity index (χ0) is 31.7. The Morgan fingerprint density at radius 1 is 1.16 bits per heavy atom. The predicted molar refractivity (Wildman–Crippen MR) is 159 cm³/mol. The summed E-state index contributed by atoms with van der Waals surface area (Å²) in [7, 11) is 1.25. The molecule has 5 rings (SSSR count). The third-order valence-corrected chi connectivity index (χ3v) is 9.20. The summed E-state index contributed by atoms with van der Waals surface area (Å²) in [5.41, 5.74) is 7.79. The minimum absolute atomic E-state index is 0.0898. The lowest BCUT2D eigenvalue weighted by atomic mass is 9.77. The molecular formula is C31H36ClF2N5O5. The van der Waals surface area contributed by atoms with E-state index in [0.717, 1.165) is 23.4 Å². The molecule has 2 heterocycles. The number of rotatable bonds is 9. The molecule has 1 saturated carbocycles. The summed E-state index contributed by atoms with van der Waals surface area (Å²) >= 11 is 6.66. The number of nitrogens with two attached hydrogens (primary N) is 2. The molecular weight excluding hydrogens is 596 g/mol. The Morgan fingerprint density at radius 3 is 2.52 bits per heavy atom. The second kappa shape index (κ2) is 13.0. The Hall–Kier alpha value is -3.90. The SMILES string of the molecule is CN(N)/C(=C(\N)COc1ccc(Cl)c2c1C(CN1Cc3ccccc3C1=O)N(C(=O)C1CCCCC1C(=O)O)CC2)C(F)F. The van der Waals surface area contributed by atoms with Crippen molar-refractivity contribution in [2.75, 3.05) is 26.7 Å². The van der Waals surface area contributed by atoms with E-state index in [-0.39, 0.29) is 36.4 Å². The van der Waals surface area contributed by atoms with Gasteiger partial charge in [0, 0.05) is 42.8 Å². The number of carbonyl (C=O) groups is 3. The molecule has 3 unspecified atom stereocenters. The number of alkyl halides is 2. The molecule has 1 aliphatic carbocycles. The fraction of sp³-hybridized carbons (Fsp3) is 0.452. The van der Waals surface area contributed by atoms with Gasteiger partial charge in [0.2, 0.25) is 5.91 Å². The van der Waals surface area contributed by atoms with Gasteiger partial charge >= 0.3 is 5.97 Å². The fourth-order valence-electron chi connectivity index (χ4n) is 6.72. The Bertz CT molecular complexity index is 1480. The number of hydrazine groups is 1. The summed E-state index contributed by atoms with van der Waals surface area (Å²) in [4.78, 5) is 43.1. The molecule has 2 aromatic carbocycles. The Kier molecular flexibility index (Phi) is 9.31. The lowest BCUT2D eigenvalue weighted by Crippen LogP contribution is -2.50. The zero-order valence-electron chi connectivity index (χ0n) is 24.3. The molecule has 1 fully saturated rings.